The summed E-state index contributed by atoms with van der Waals surface area (Å²) in [5.41, 5.74) is 0. The molecular formula is C7H13IO. The highest BCUT2D eigenvalue weighted by atomic mass is 127. The molecule has 3 unspecified atom stereocenters. The minimum absolute atomic E-state index is 0.0272. The lowest BCUT2D eigenvalue weighted by molar-refractivity contribution is 0.0840. The third-order valence-corrected chi connectivity index (χ3v) is 3.22. The van der Waals surface area contributed by atoms with Crippen molar-refractivity contribution in [3.63, 3.8) is 0 Å². The molecule has 1 saturated carbocycles. The molecule has 1 aliphatic carbocycles. The van der Waals surface area contributed by atoms with Crippen molar-refractivity contribution in [2.24, 2.45) is 5.92 Å². The van der Waals surface area contributed by atoms with Gasteiger partial charge in [0.2, 0.25) is 0 Å². The summed E-state index contributed by atoms with van der Waals surface area (Å²) in [6.07, 6.45) is 3.47. The number of rotatable bonds is 0. The lowest BCUT2D eigenvalue weighted by atomic mass is 9.88. The van der Waals surface area contributed by atoms with Gasteiger partial charge in [0.15, 0.2) is 0 Å². The van der Waals surface area contributed by atoms with Crippen LogP contribution in [0.1, 0.15) is 26.2 Å². The summed E-state index contributed by atoms with van der Waals surface area (Å²) in [7, 11) is 0. The van der Waals surface area contributed by atoms with E-state index in [9.17, 15) is 5.11 Å². The molecule has 1 aliphatic rings. The topological polar surface area (TPSA) is 20.2 Å². The van der Waals surface area contributed by atoms with Gasteiger partial charge in [0, 0.05) is 3.92 Å². The number of aliphatic hydroxyl groups is 1. The van der Waals surface area contributed by atoms with Crippen LogP contribution < -0.4 is 0 Å². The molecule has 0 aromatic rings. The van der Waals surface area contributed by atoms with E-state index in [1.54, 1.807) is 0 Å². The second kappa shape index (κ2) is 3.19. The minimum atomic E-state index is -0.0272. The monoisotopic (exact) mass is 240 g/mol. The van der Waals surface area contributed by atoms with Gasteiger partial charge in [-0.15, -0.1) is 0 Å². The Morgan fingerprint density at radius 3 is 2.56 bits per heavy atom. The number of hydrogen-bond donors (Lipinski definition) is 1. The Balaban J connectivity index is 2.35. The van der Waals surface area contributed by atoms with Crippen molar-refractivity contribution in [3.8, 4) is 0 Å². The molecule has 0 aromatic heterocycles. The molecule has 9 heavy (non-hydrogen) atoms. The molecule has 3 atom stereocenters. The average molecular weight is 240 g/mol. The number of alkyl halides is 1. The van der Waals surface area contributed by atoms with Crippen molar-refractivity contribution in [3.05, 3.63) is 0 Å². The van der Waals surface area contributed by atoms with E-state index in [1.807, 2.05) is 0 Å². The second-order valence-corrected chi connectivity index (χ2v) is 4.72. The van der Waals surface area contributed by atoms with Crippen LogP contribution in [0.4, 0.5) is 0 Å². The zero-order valence-corrected chi connectivity index (χ0v) is 7.84. The summed E-state index contributed by atoms with van der Waals surface area (Å²) in [6.45, 7) is 2.13. The van der Waals surface area contributed by atoms with Gasteiger partial charge in [-0.1, -0.05) is 29.5 Å². The maximum absolute atomic E-state index is 9.34. The van der Waals surface area contributed by atoms with Crippen LogP contribution in [0.2, 0.25) is 0 Å². The van der Waals surface area contributed by atoms with E-state index >= 15 is 0 Å². The first-order valence-electron chi connectivity index (χ1n) is 3.52. The zero-order chi connectivity index (χ0) is 6.85. The fraction of sp³-hybridized carbons (Fsp3) is 1.00. The van der Waals surface area contributed by atoms with E-state index in [1.165, 1.54) is 12.8 Å². The molecule has 1 nitrogen and oxygen atoms in total. The summed E-state index contributed by atoms with van der Waals surface area (Å²) in [4.78, 5) is 0. The van der Waals surface area contributed by atoms with E-state index in [0.717, 1.165) is 6.42 Å². The predicted molar refractivity (Wildman–Crippen MR) is 46.8 cm³/mol. The normalized spacial score (nSPS) is 45.0. The van der Waals surface area contributed by atoms with Crippen molar-refractivity contribution in [1.82, 2.24) is 0 Å². The first-order chi connectivity index (χ1) is 4.20. The Bertz CT molecular complexity index is 94.9. The summed E-state index contributed by atoms with van der Waals surface area (Å²) < 4.78 is 0.716. The maximum Gasteiger partial charge on any atom is 0.0575 e. The van der Waals surface area contributed by atoms with Gasteiger partial charge in [-0.05, 0) is 25.2 Å². The molecule has 0 aromatic carbocycles. The summed E-state index contributed by atoms with van der Waals surface area (Å²) in [6, 6.07) is 0. The van der Waals surface area contributed by atoms with Crippen LogP contribution in [-0.2, 0) is 0 Å². The van der Waals surface area contributed by atoms with Crippen molar-refractivity contribution in [2.75, 3.05) is 0 Å². The highest BCUT2D eigenvalue weighted by Crippen LogP contribution is 2.28. The second-order valence-electron chi connectivity index (χ2n) is 2.95. The Morgan fingerprint density at radius 2 is 2.11 bits per heavy atom. The first kappa shape index (κ1) is 7.79. The van der Waals surface area contributed by atoms with E-state index in [0.29, 0.717) is 9.84 Å². The molecule has 0 aliphatic heterocycles. The molecule has 54 valence electrons. The van der Waals surface area contributed by atoms with Gasteiger partial charge in [-0.3, -0.25) is 0 Å². The van der Waals surface area contributed by atoms with E-state index < -0.39 is 0 Å². The quantitative estimate of drug-likeness (QED) is 0.507. The number of aliphatic hydroxyl groups excluding tert-OH is 1. The van der Waals surface area contributed by atoms with Gasteiger partial charge < -0.3 is 5.11 Å². The molecule has 0 radical (unpaired) electrons. The summed E-state index contributed by atoms with van der Waals surface area (Å²) in [5, 5.41) is 9.34. The summed E-state index contributed by atoms with van der Waals surface area (Å²) >= 11 is 2.42. The first-order valence-corrected chi connectivity index (χ1v) is 4.77. The van der Waals surface area contributed by atoms with Crippen LogP contribution >= 0.6 is 22.6 Å². The molecule has 0 spiro atoms. The summed E-state index contributed by atoms with van der Waals surface area (Å²) in [5.74, 6) is 0.538. The molecule has 0 heterocycles. The van der Waals surface area contributed by atoms with Crippen LogP contribution in [0.5, 0.6) is 0 Å². The molecule has 1 N–H and O–H groups in total. The van der Waals surface area contributed by atoms with Crippen molar-refractivity contribution in [1.29, 1.82) is 0 Å². The molecule has 1 fully saturated rings. The fourth-order valence-corrected chi connectivity index (χ4v) is 2.13. The van der Waals surface area contributed by atoms with Crippen molar-refractivity contribution < 1.29 is 5.11 Å². The molecule has 2 heteroatoms. The Morgan fingerprint density at radius 1 is 1.44 bits per heavy atom. The molecular weight excluding hydrogens is 227 g/mol. The smallest absolute Gasteiger partial charge is 0.0575 e. The van der Waals surface area contributed by atoms with Crippen LogP contribution in [0.25, 0.3) is 0 Å². The highest BCUT2D eigenvalue weighted by Gasteiger charge is 2.23. The Labute approximate surface area is 70.0 Å². The molecule has 0 amide bonds. The minimum Gasteiger partial charge on any atom is -0.393 e. The third-order valence-electron chi connectivity index (χ3n) is 2.09. The van der Waals surface area contributed by atoms with Gasteiger partial charge in [0.05, 0.1) is 6.10 Å². The third kappa shape index (κ3) is 2.08. The number of hydrogen-bond acceptors (Lipinski definition) is 1. The Kier molecular flexibility index (Phi) is 2.76. The lowest BCUT2D eigenvalue weighted by Crippen LogP contribution is -2.27. The van der Waals surface area contributed by atoms with E-state index in [-0.39, 0.29) is 6.10 Å². The largest absolute Gasteiger partial charge is 0.393 e. The van der Waals surface area contributed by atoms with Crippen molar-refractivity contribution in [2.45, 2.75) is 36.2 Å². The molecule has 1 rings (SSSR count). The molecule has 0 bridgehead atoms. The van der Waals surface area contributed by atoms with Gasteiger partial charge in [0.25, 0.3) is 0 Å². The van der Waals surface area contributed by atoms with Crippen LogP contribution in [0.3, 0.4) is 0 Å². The van der Waals surface area contributed by atoms with Crippen molar-refractivity contribution >= 4 is 22.6 Å². The SMILES string of the molecule is CC1CCC(I)CC1O. The number of halogens is 1. The average Bonchev–Trinajstić information content (AvgIpc) is 1.80. The van der Waals surface area contributed by atoms with Gasteiger partial charge in [-0.25, -0.2) is 0 Å². The molecule has 0 saturated heterocycles. The van der Waals surface area contributed by atoms with Crippen LogP contribution in [0.15, 0.2) is 0 Å². The predicted octanol–water partition coefficient (Wildman–Crippen LogP) is 1.97. The Hall–Kier alpha value is 0.690. The lowest BCUT2D eigenvalue weighted by Gasteiger charge is -2.27. The van der Waals surface area contributed by atoms with E-state index in [4.69, 9.17) is 0 Å². The van der Waals surface area contributed by atoms with Crippen LogP contribution in [0, 0.1) is 5.92 Å². The van der Waals surface area contributed by atoms with E-state index in [2.05, 4.69) is 29.5 Å². The van der Waals surface area contributed by atoms with Gasteiger partial charge in [-0.2, -0.15) is 0 Å². The fourth-order valence-electron chi connectivity index (χ4n) is 1.25. The zero-order valence-electron chi connectivity index (χ0n) is 5.68. The maximum atomic E-state index is 9.34. The van der Waals surface area contributed by atoms with Crippen LogP contribution in [-0.4, -0.2) is 15.1 Å². The van der Waals surface area contributed by atoms with Gasteiger partial charge in [0.1, 0.15) is 0 Å². The highest BCUT2D eigenvalue weighted by molar-refractivity contribution is 14.1. The van der Waals surface area contributed by atoms with Gasteiger partial charge >= 0.3 is 0 Å². The standard InChI is InChI=1S/C7H13IO/c1-5-2-3-6(8)4-7(5)9/h5-7,9H,2-4H2,1H3.